The first-order valence-electron chi connectivity index (χ1n) is 9.63. The molecule has 0 saturated carbocycles. The number of imidazole rings is 1. The number of fused-ring (bicyclic) bond motifs is 2. The van der Waals surface area contributed by atoms with E-state index in [-0.39, 0.29) is 11.8 Å². The summed E-state index contributed by atoms with van der Waals surface area (Å²) in [6.45, 7) is 3.00. The van der Waals surface area contributed by atoms with E-state index in [2.05, 4.69) is 20.2 Å². The van der Waals surface area contributed by atoms with Crippen LogP contribution < -0.4 is 0 Å². The van der Waals surface area contributed by atoms with Gasteiger partial charge in [-0.1, -0.05) is 24.3 Å². The van der Waals surface area contributed by atoms with Crippen molar-refractivity contribution in [3.8, 4) is 0 Å². The van der Waals surface area contributed by atoms with E-state index in [0.29, 0.717) is 18.7 Å². The summed E-state index contributed by atoms with van der Waals surface area (Å²) in [5.41, 5.74) is 1.35. The molecule has 0 radical (unpaired) electrons. The quantitative estimate of drug-likeness (QED) is 0.560. The van der Waals surface area contributed by atoms with Gasteiger partial charge in [0.05, 0.1) is 23.2 Å². The predicted octanol–water partition coefficient (Wildman–Crippen LogP) is 3.33. The molecule has 0 bridgehead atoms. The minimum absolute atomic E-state index is 0.233. The second-order valence-corrected chi connectivity index (χ2v) is 7.73. The largest absolute Gasteiger partial charge is 0.413 e. The molecule has 1 N–H and O–H groups in total. The lowest BCUT2D eigenvalue weighted by Gasteiger charge is -2.33. The molecule has 30 heavy (non-hydrogen) atoms. The van der Waals surface area contributed by atoms with Crippen LogP contribution in [-0.4, -0.2) is 42.5 Å². The van der Waals surface area contributed by atoms with Crippen molar-refractivity contribution in [1.82, 2.24) is 30.0 Å². The third kappa shape index (κ3) is 3.02. The molecular weight excluding hydrogens is 387 g/mol. The van der Waals surface area contributed by atoms with Gasteiger partial charge in [0.25, 0.3) is 5.89 Å². The molecule has 0 spiro atoms. The number of carbonyl (C=O) groups is 1. The minimum atomic E-state index is -1.83. The average molecular weight is 406 g/mol. The summed E-state index contributed by atoms with van der Waals surface area (Å²) in [6.07, 6.45) is 2.21. The number of rotatable bonds is 3. The average Bonchev–Trinajstić information content (AvgIpc) is 3.41. The Morgan fingerprint density at radius 1 is 1.23 bits per heavy atom. The molecule has 0 saturated heterocycles. The Bertz CT molecular complexity index is 1240. The topological polar surface area (TPSA) is 101 Å². The van der Waals surface area contributed by atoms with E-state index < -0.39 is 17.6 Å². The highest BCUT2D eigenvalue weighted by Crippen LogP contribution is 2.34. The van der Waals surface area contributed by atoms with E-state index >= 15 is 0 Å². The van der Waals surface area contributed by atoms with Crippen molar-refractivity contribution in [2.75, 3.05) is 6.54 Å². The van der Waals surface area contributed by atoms with Crippen LogP contribution in [0.2, 0.25) is 0 Å². The van der Waals surface area contributed by atoms with Crippen LogP contribution in [0.15, 0.2) is 47.1 Å². The Kier molecular flexibility index (Phi) is 4.12. The van der Waals surface area contributed by atoms with Gasteiger partial charge in [-0.15, -0.1) is 10.2 Å². The van der Waals surface area contributed by atoms with Crippen molar-refractivity contribution in [1.29, 1.82) is 0 Å². The van der Waals surface area contributed by atoms with Gasteiger partial charge in [0.2, 0.25) is 0 Å². The summed E-state index contributed by atoms with van der Waals surface area (Å²) in [6, 6.07) is 11.1. The fourth-order valence-corrected chi connectivity index (χ4v) is 3.70. The summed E-state index contributed by atoms with van der Waals surface area (Å²) < 4.78 is 19.5. The molecule has 1 atom stereocenters. The van der Waals surface area contributed by atoms with Gasteiger partial charge in [-0.05, 0) is 26.0 Å². The van der Waals surface area contributed by atoms with E-state index in [0.717, 1.165) is 22.3 Å². The highest BCUT2D eigenvalue weighted by Gasteiger charge is 2.38. The number of hydrogen-bond acceptors (Lipinski definition) is 6. The number of alkyl halides is 1. The molecule has 0 unspecified atom stereocenters. The third-order valence-corrected chi connectivity index (χ3v) is 5.20. The molecule has 9 heteroatoms. The van der Waals surface area contributed by atoms with Crippen LogP contribution in [0.3, 0.4) is 0 Å². The molecular formula is C21H19FN6O2. The lowest BCUT2D eigenvalue weighted by atomic mass is 9.98. The normalized spacial score (nSPS) is 16.6. The van der Waals surface area contributed by atoms with E-state index in [1.165, 1.54) is 13.8 Å². The molecule has 8 nitrogen and oxygen atoms in total. The molecule has 4 heterocycles. The number of aromatic nitrogens is 5. The first kappa shape index (κ1) is 18.4. The number of para-hydroxylation sites is 1. The molecule has 1 aliphatic heterocycles. The number of carbonyl (C=O) groups excluding carboxylic acids is 1. The molecule has 1 aliphatic rings. The second kappa shape index (κ2) is 6.72. The molecule has 152 valence electrons. The summed E-state index contributed by atoms with van der Waals surface area (Å²) >= 11 is 0. The van der Waals surface area contributed by atoms with Gasteiger partial charge in [-0.2, -0.15) is 0 Å². The standard InChI is InChI=1S/C21H19FN6O2/c1-21(2,22)20-27-26-18(30-20)19(29)28-10-9-14-16(24-11-23-14)17(28)15-8-7-12-5-3-4-6-13(12)25-15/h3-8,11,17H,9-10H2,1-2H3,(H,23,24)/t17-/m1/s1. The smallest absolute Gasteiger partial charge is 0.312 e. The first-order valence-corrected chi connectivity index (χ1v) is 9.63. The highest BCUT2D eigenvalue weighted by atomic mass is 19.1. The number of pyridine rings is 1. The monoisotopic (exact) mass is 406 g/mol. The summed E-state index contributed by atoms with van der Waals surface area (Å²) in [4.78, 5) is 27.2. The Hall–Kier alpha value is -3.62. The van der Waals surface area contributed by atoms with Crippen molar-refractivity contribution in [3.05, 3.63) is 71.6 Å². The van der Waals surface area contributed by atoms with Gasteiger partial charge in [0.15, 0.2) is 5.67 Å². The number of benzene rings is 1. The summed E-state index contributed by atoms with van der Waals surface area (Å²) in [5.74, 6) is -0.962. The molecule has 0 aliphatic carbocycles. The van der Waals surface area contributed by atoms with Gasteiger partial charge in [-0.25, -0.2) is 9.37 Å². The van der Waals surface area contributed by atoms with Crippen molar-refractivity contribution in [3.63, 3.8) is 0 Å². The maximum Gasteiger partial charge on any atom is 0.312 e. The van der Waals surface area contributed by atoms with Crippen LogP contribution in [0.4, 0.5) is 4.39 Å². The van der Waals surface area contributed by atoms with Gasteiger partial charge in [0.1, 0.15) is 6.04 Å². The minimum Gasteiger partial charge on any atom is -0.413 e. The Labute approximate surface area is 171 Å². The first-order chi connectivity index (χ1) is 14.4. The Morgan fingerprint density at radius 2 is 2.07 bits per heavy atom. The highest BCUT2D eigenvalue weighted by molar-refractivity contribution is 5.90. The van der Waals surface area contributed by atoms with E-state index in [1.807, 2.05) is 36.4 Å². The lowest BCUT2D eigenvalue weighted by Crippen LogP contribution is -2.41. The van der Waals surface area contributed by atoms with Crippen LogP contribution in [0.5, 0.6) is 0 Å². The van der Waals surface area contributed by atoms with Gasteiger partial charge < -0.3 is 14.3 Å². The third-order valence-electron chi connectivity index (χ3n) is 5.20. The zero-order valence-corrected chi connectivity index (χ0v) is 16.5. The Balaban J connectivity index is 1.58. The van der Waals surface area contributed by atoms with Gasteiger partial charge in [0, 0.05) is 24.0 Å². The molecule has 5 rings (SSSR count). The number of aromatic amines is 1. The summed E-state index contributed by atoms with van der Waals surface area (Å²) in [7, 11) is 0. The molecule has 4 aromatic rings. The summed E-state index contributed by atoms with van der Waals surface area (Å²) in [5, 5.41) is 8.49. The molecule has 1 aromatic carbocycles. The van der Waals surface area contributed by atoms with Crippen molar-refractivity contribution in [2.24, 2.45) is 0 Å². The predicted molar refractivity (Wildman–Crippen MR) is 105 cm³/mol. The van der Waals surface area contributed by atoms with E-state index in [1.54, 1.807) is 11.2 Å². The number of hydrogen-bond donors (Lipinski definition) is 1. The van der Waals surface area contributed by atoms with Crippen LogP contribution in [0, 0.1) is 0 Å². The number of amides is 1. The van der Waals surface area contributed by atoms with Crippen molar-refractivity contribution in [2.45, 2.75) is 32.0 Å². The van der Waals surface area contributed by atoms with Crippen molar-refractivity contribution >= 4 is 16.8 Å². The van der Waals surface area contributed by atoms with E-state index in [4.69, 9.17) is 9.40 Å². The van der Waals surface area contributed by atoms with E-state index in [9.17, 15) is 9.18 Å². The number of halogens is 1. The SMILES string of the molecule is CC(C)(F)c1nnc(C(=O)N2CCc3[nH]cnc3[C@H]2c2ccc3ccccc3n2)o1. The number of H-pyrrole nitrogens is 1. The van der Waals surface area contributed by atoms with Crippen LogP contribution in [0.25, 0.3) is 10.9 Å². The zero-order chi connectivity index (χ0) is 20.9. The number of nitrogens with one attached hydrogen (secondary N) is 1. The Morgan fingerprint density at radius 3 is 2.87 bits per heavy atom. The molecule has 0 fully saturated rings. The maximum absolute atomic E-state index is 14.1. The molecule has 1 amide bonds. The lowest BCUT2D eigenvalue weighted by molar-refractivity contribution is 0.0636. The van der Waals surface area contributed by atoms with Gasteiger partial charge >= 0.3 is 11.8 Å². The second-order valence-electron chi connectivity index (χ2n) is 7.73. The fraction of sp³-hybridized carbons (Fsp3) is 0.286. The molecule has 3 aromatic heterocycles. The fourth-order valence-electron chi connectivity index (χ4n) is 3.70. The number of nitrogens with zero attached hydrogens (tertiary/aromatic N) is 5. The van der Waals surface area contributed by atoms with Crippen LogP contribution in [0.1, 0.15) is 53.5 Å². The maximum atomic E-state index is 14.1. The van der Waals surface area contributed by atoms with Crippen LogP contribution in [-0.2, 0) is 12.1 Å². The zero-order valence-electron chi connectivity index (χ0n) is 16.5. The van der Waals surface area contributed by atoms with Crippen molar-refractivity contribution < 1.29 is 13.6 Å². The van der Waals surface area contributed by atoms with Crippen LogP contribution >= 0.6 is 0 Å². The van der Waals surface area contributed by atoms with Gasteiger partial charge in [-0.3, -0.25) is 9.78 Å².